The quantitative estimate of drug-likeness (QED) is 0.108. The fourth-order valence-electron chi connectivity index (χ4n) is 2.31. The SMILES string of the molecule is COc1ccc(/C(=N\N(C=O)c2ccc(OC(F)(F)F)cc2)OS(=O)(=O)C(F)(F)F)c(C)c1. The predicted molar refractivity (Wildman–Crippen MR) is 102 cm³/mol. The molecule has 2 rings (SSSR count). The van der Waals surface area contributed by atoms with Crippen LogP contribution in [0.4, 0.5) is 32.0 Å². The van der Waals surface area contributed by atoms with Gasteiger partial charge in [-0.15, -0.1) is 18.3 Å². The average molecular weight is 500 g/mol. The van der Waals surface area contributed by atoms with Crippen LogP contribution in [0.1, 0.15) is 11.1 Å². The Labute approximate surface area is 183 Å². The zero-order valence-corrected chi connectivity index (χ0v) is 17.5. The largest absolute Gasteiger partial charge is 0.573 e. The number of halogens is 6. The number of benzene rings is 2. The summed E-state index contributed by atoms with van der Waals surface area (Å²) in [6.45, 7) is 1.38. The van der Waals surface area contributed by atoms with Gasteiger partial charge in [0.2, 0.25) is 6.41 Å². The zero-order valence-electron chi connectivity index (χ0n) is 16.6. The molecule has 0 spiro atoms. The first kappa shape index (κ1) is 25.8. The van der Waals surface area contributed by atoms with Gasteiger partial charge in [-0.3, -0.25) is 4.79 Å². The van der Waals surface area contributed by atoms with Gasteiger partial charge in [0.05, 0.1) is 12.8 Å². The Hall–Kier alpha value is -3.49. The summed E-state index contributed by atoms with van der Waals surface area (Å²) in [7, 11) is -4.88. The van der Waals surface area contributed by atoms with Crippen LogP contribution < -0.4 is 14.5 Å². The van der Waals surface area contributed by atoms with Crippen molar-refractivity contribution in [3.05, 3.63) is 53.6 Å². The highest BCUT2D eigenvalue weighted by Crippen LogP contribution is 2.29. The third-order valence-corrected chi connectivity index (χ3v) is 4.71. The highest BCUT2D eigenvalue weighted by Gasteiger charge is 2.49. The van der Waals surface area contributed by atoms with Gasteiger partial charge in [-0.1, -0.05) is 0 Å². The van der Waals surface area contributed by atoms with Crippen LogP contribution in [0.2, 0.25) is 0 Å². The van der Waals surface area contributed by atoms with Gasteiger partial charge in [0.15, 0.2) is 0 Å². The molecule has 180 valence electrons. The standard InChI is InChI=1S/C18H14F6N2O6S/c1-11-9-14(30-2)7-8-15(11)16(32-33(28,29)18(22,23)24)25-26(10-27)12-3-5-13(6-4-12)31-17(19,20)21/h3-10H,1-2H3/b25-16+. The van der Waals surface area contributed by atoms with Crippen molar-refractivity contribution in [2.45, 2.75) is 18.8 Å². The van der Waals surface area contributed by atoms with Gasteiger partial charge < -0.3 is 13.7 Å². The lowest BCUT2D eigenvalue weighted by atomic mass is 10.1. The molecule has 2 aromatic carbocycles. The first-order valence-electron chi connectivity index (χ1n) is 8.51. The molecule has 0 N–H and O–H groups in total. The number of amides is 1. The summed E-state index contributed by atoms with van der Waals surface area (Å²) in [6, 6.07) is 7.22. The number of carbonyl (C=O) groups excluding carboxylic acids is 1. The molecule has 0 radical (unpaired) electrons. The molecule has 1 amide bonds. The molecule has 0 bridgehead atoms. The van der Waals surface area contributed by atoms with E-state index in [9.17, 15) is 39.6 Å². The molecule has 33 heavy (non-hydrogen) atoms. The molecule has 0 aromatic heterocycles. The van der Waals surface area contributed by atoms with Crippen molar-refractivity contribution in [1.82, 2.24) is 0 Å². The van der Waals surface area contributed by atoms with Crippen molar-refractivity contribution >= 4 is 28.1 Å². The Balaban J connectivity index is 2.54. The number of carbonyl (C=O) groups is 1. The van der Waals surface area contributed by atoms with Crippen LogP contribution in [0.25, 0.3) is 0 Å². The summed E-state index contributed by atoms with van der Waals surface area (Å²) in [5, 5.41) is 3.89. The Bertz CT molecular complexity index is 1130. The van der Waals surface area contributed by atoms with Gasteiger partial charge in [0.25, 0.3) is 5.90 Å². The smallest absolute Gasteiger partial charge is 0.497 e. The number of ether oxygens (including phenoxy) is 2. The normalized spacial score (nSPS) is 12.8. The average Bonchev–Trinajstić information content (AvgIpc) is 2.69. The van der Waals surface area contributed by atoms with E-state index in [1.165, 1.54) is 26.2 Å². The molecule has 0 aliphatic carbocycles. The maximum Gasteiger partial charge on any atom is 0.573 e. The van der Waals surface area contributed by atoms with E-state index < -0.39 is 33.6 Å². The molecule has 0 aliphatic heterocycles. The van der Waals surface area contributed by atoms with Crippen molar-refractivity contribution in [3.8, 4) is 11.5 Å². The molecule has 8 nitrogen and oxygen atoms in total. The Morgan fingerprint density at radius 1 is 1.00 bits per heavy atom. The highest BCUT2D eigenvalue weighted by atomic mass is 32.2. The predicted octanol–water partition coefficient (Wildman–Crippen LogP) is 4.09. The maximum atomic E-state index is 12.9. The van der Waals surface area contributed by atoms with Crippen molar-refractivity contribution < 1.29 is 53.2 Å². The monoisotopic (exact) mass is 500 g/mol. The van der Waals surface area contributed by atoms with E-state index in [1.54, 1.807) is 0 Å². The molecule has 0 heterocycles. The van der Waals surface area contributed by atoms with Crippen LogP contribution in [-0.2, 0) is 19.1 Å². The van der Waals surface area contributed by atoms with Gasteiger partial charge in [-0.05, 0) is 55.0 Å². The van der Waals surface area contributed by atoms with Gasteiger partial charge in [0.1, 0.15) is 11.5 Å². The topological polar surface area (TPSA) is 94.5 Å². The van der Waals surface area contributed by atoms with Gasteiger partial charge >= 0.3 is 22.0 Å². The number of methoxy groups -OCH3 is 1. The van der Waals surface area contributed by atoms with Crippen molar-refractivity contribution in [1.29, 1.82) is 0 Å². The summed E-state index contributed by atoms with van der Waals surface area (Å²) in [4.78, 5) is 11.5. The summed E-state index contributed by atoms with van der Waals surface area (Å²) in [5.41, 5.74) is -6.12. The summed E-state index contributed by atoms with van der Waals surface area (Å²) in [6.07, 6.45) is -5.01. The highest BCUT2D eigenvalue weighted by molar-refractivity contribution is 7.88. The molecule has 0 atom stereocenters. The van der Waals surface area contributed by atoms with Crippen LogP contribution in [-0.4, -0.2) is 39.7 Å². The first-order chi connectivity index (χ1) is 15.2. The molecule has 0 saturated carbocycles. The number of nitrogens with zero attached hydrogens (tertiary/aromatic N) is 2. The lowest BCUT2D eigenvalue weighted by Crippen LogP contribution is -2.30. The van der Waals surface area contributed by atoms with E-state index in [0.717, 1.165) is 30.3 Å². The second-order valence-electron chi connectivity index (χ2n) is 6.06. The minimum atomic E-state index is -6.19. The van der Waals surface area contributed by atoms with Gasteiger partial charge in [-0.2, -0.15) is 26.6 Å². The number of alkyl halides is 6. The third kappa shape index (κ3) is 6.74. The lowest BCUT2D eigenvalue weighted by Gasteiger charge is -2.17. The molecule has 0 aliphatic rings. The Morgan fingerprint density at radius 3 is 2.03 bits per heavy atom. The van der Waals surface area contributed by atoms with E-state index in [4.69, 9.17) is 4.74 Å². The molecule has 0 unspecified atom stereocenters. The fraction of sp³-hybridized carbons (Fsp3) is 0.222. The van der Waals surface area contributed by atoms with E-state index in [2.05, 4.69) is 14.0 Å². The van der Waals surface area contributed by atoms with Crippen molar-refractivity contribution in [2.75, 3.05) is 12.1 Å². The van der Waals surface area contributed by atoms with E-state index in [-0.39, 0.29) is 29.0 Å². The van der Waals surface area contributed by atoms with Crippen LogP contribution in [0.3, 0.4) is 0 Å². The van der Waals surface area contributed by atoms with E-state index in [0.29, 0.717) is 5.01 Å². The fourth-order valence-corrected chi connectivity index (χ4v) is 2.74. The van der Waals surface area contributed by atoms with Crippen molar-refractivity contribution in [2.24, 2.45) is 5.10 Å². The van der Waals surface area contributed by atoms with E-state index in [1.807, 2.05) is 0 Å². The molecule has 0 saturated heterocycles. The number of anilines is 1. The van der Waals surface area contributed by atoms with Crippen LogP contribution in [0, 0.1) is 6.92 Å². The molecular formula is C18H14F6N2O6S. The second kappa shape index (κ2) is 9.56. The first-order valence-corrected chi connectivity index (χ1v) is 9.92. The van der Waals surface area contributed by atoms with Gasteiger partial charge in [-0.25, -0.2) is 0 Å². The number of hydrogen-bond donors (Lipinski definition) is 0. The summed E-state index contributed by atoms with van der Waals surface area (Å²) < 4.78 is 111. The van der Waals surface area contributed by atoms with Crippen LogP contribution in [0.5, 0.6) is 11.5 Å². The molecule has 15 heteroatoms. The third-order valence-electron chi connectivity index (χ3n) is 3.77. The number of hydrogen-bond acceptors (Lipinski definition) is 7. The zero-order chi connectivity index (χ0) is 25.0. The second-order valence-corrected chi connectivity index (χ2v) is 7.60. The van der Waals surface area contributed by atoms with Crippen molar-refractivity contribution in [3.63, 3.8) is 0 Å². The minimum absolute atomic E-state index is 0.0257. The molecule has 2 aromatic rings. The molecular weight excluding hydrogens is 486 g/mol. The summed E-state index contributed by atoms with van der Waals surface area (Å²) in [5.74, 6) is -1.50. The van der Waals surface area contributed by atoms with Gasteiger partial charge in [0, 0.05) is 5.56 Å². The Kier molecular flexibility index (Phi) is 7.46. The lowest BCUT2D eigenvalue weighted by molar-refractivity contribution is -0.274. The maximum absolute atomic E-state index is 12.9. The number of aryl methyl sites for hydroxylation is 1. The van der Waals surface area contributed by atoms with Crippen LogP contribution >= 0.6 is 0 Å². The summed E-state index contributed by atoms with van der Waals surface area (Å²) >= 11 is 0. The number of rotatable bonds is 7. The Morgan fingerprint density at radius 2 is 1.58 bits per heavy atom. The van der Waals surface area contributed by atoms with Crippen LogP contribution in [0.15, 0.2) is 47.6 Å². The minimum Gasteiger partial charge on any atom is -0.497 e. The number of hydrazone groups is 1. The van der Waals surface area contributed by atoms with E-state index >= 15 is 0 Å². The molecule has 0 fully saturated rings.